The zero-order valence-electron chi connectivity index (χ0n) is 15.3. The molecular formula is C21H22N4O2. The van der Waals surface area contributed by atoms with Crippen LogP contribution in [0.5, 0.6) is 5.75 Å². The van der Waals surface area contributed by atoms with Crippen LogP contribution in [-0.2, 0) is 6.54 Å². The third-order valence-corrected chi connectivity index (χ3v) is 3.70. The summed E-state index contributed by atoms with van der Waals surface area (Å²) in [5, 5.41) is 6.12. The lowest BCUT2D eigenvalue weighted by Gasteiger charge is -2.15. The van der Waals surface area contributed by atoms with Crippen molar-refractivity contribution in [2.45, 2.75) is 26.5 Å². The van der Waals surface area contributed by atoms with E-state index in [1.54, 1.807) is 18.5 Å². The highest BCUT2D eigenvalue weighted by molar-refractivity contribution is 6.05. The molecule has 0 aliphatic heterocycles. The summed E-state index contributed by atoms with van der Waals surface area (Å²) in [5.41, 5.74) is 2.75. The van der Waals surface area contributed by atoms with Gasteiger partial charge in [-0.2, -0.15) is 0 Å². The molecule has 138 valence electrons. The first-order chi connectivity index (χ1) is 13.1. The van der Waals surface area contributed by atoms with E-state index in [-0.39, 0.29) is 12.0 Å². The number of rotatable bonds is 7. The smallest absolute Gasteiger partial charge is 0.257 e. The molecule has 3 aromatic rings. The molecule has 2 heterocycles. The number of nitrogens with zero attached hydrogens (tertiary/aromatic N) is 2. The van der Waals surface area contributed by atoms with E-state index >= 15 is 0 Å². The van der Waals surface area contributed by atoms with Gasteiger partial charge in [-0.1, -0.05) is 18.2 Å². The van der Waals surface area contributed by atoms with Crippen LogP contribution in [0.25, 0.3) is 0 Å². The number of carbonyl (C=O) groups excluding carboxylic acids is 1. The maximum Gasteiger partial charge on any atom is 0.257 e. The number of carbonyl (C=O) groups is 1. The Bertz CT molecular complexity index is 897. The Morgan fingerprint density at radius 2 is 1.93 bits per heavy atom. The number of hydrogen-bond acceptors (Lipinski definition) is 5. The molecule has 0 aliphatic carbocycles. The summed E-state index contributed by atoms with van der Waals surface area (Å²) in [5.74, 6) is 0.391. The van der Waals surface area contributed by atoms with Crippen molar-refractivity contribution < 1.29 is 9.53 Å². The fourth-order valence-corrected chi connectivity index (χ4v) is 2.48. The molecule has 27 heavy (non-hydrogen) atoms. The first kappa shape index (κ1) is 18.4. The second kappa shape index (κ2) is 8.80. The SMILES string of the molecule is CC(C)Oc1ccccc1NC(=O)c1cncc(NCc2ccccn2)c1. The lowest BCUT2D eigenvalue weighted by atomic mass is 10.2. The zero-order chi connectivity index (χ0) is 19.1. The molecule has 0 unspecified atom stereocenters. The van der Waals surface area contributed by atoms with Crippen LogP contribution in [-0.4, -0.2) is 22.0 Å². The summed E-state index contributed by atoms with van der Waals surface area (Å²) in [6.45, 7) is 4.44. The van der Waals surface area contributed by atoms with Gasteiger partial charge in [0.2, 0.25) is 0 Å². The van der Waals surface area contributed by atoms with E-state index in [2.05, 4.69) is 20.6 Å². The fraction of sp³-hybridized carbons (Fsp3) is 0.190. The summed E-state index contributed by atoms with van der Waals surface area (Å²) in [6, 6.07) is 14.9. The lowest BCUT2D eigenvalue weighted by Crippen LogP contribution is -2.15. The van der Waals surface area contributed by atoms with Crippen LogP contribution in [0.15, 0.2) is 67.1 Å². The second-order valence-electron chi connectivity index (χ2n) is 6.25. The van der Waals surface area contributed by atoms with Crippen LogP contribution in [0, 0.1) is 0 Å². The first-order valence-corrected chi connectivity index (χ1v) is 8.77. The highest BCUT2D eigenvalue weighted by Crippen LogP contribution is 2.25. The van der Waals surface area contributed by atoms with Crippen molar-refractivity contribution in [1.82, 2.24) is 9.97 Å². The molecule has 1 aromatic carbocycles. The van der Waals surface area contributed by atoms with Gasteiger partial charge in [-0.15, -0.1) is 0 Å². The molecule has 0 saturated carbocycles. The van der Waals surface area contributed by atoms with Crippen LogP contribution in [0.4, 0.5) is 11.4 Å². The number of ether oxygens (including phenoxy) is 1. The van der Waals surface area contributed by atoms with Crippen molar-refractivity contribution >= 4 is 17.3 Å². The van der Waals surface area contributed by atoms with E-state index in [0.717, 1.165) is 11.4 Å². The Hall–Kier alpha value is -3.41. The number of para-hydroxylation sites is 2. The average Bonchev–Trinajstić information content (AvgIpc) is 2.68. The normalized spacial score (nSPS) is 10.5. The molecular weight excluding hydrogens is 340 g/mol. The molecule has 0 radical (unpaired) electrons. The molecule has 2 aromatic heterocycles. The number of aromatic nitrogens is 2. The Kier molecular flexibility index (Phi) is 5.99. The van der Waals surface area contributed by atoms with E-state index in [1.165, 1.54) is 6.20 Å². The predicted octanol–water partition coefficient (Wildman–Crippen LogP) is 4.13. The molecule has 0 spiro atoms. The highest BCUT2D eigenvalue weighted by Gasteiger charge is 2.11. The number of pyridine rings is 2. The Morgan fingerprint density at radius 3 is 2.70 bits per heavy atom. The largest absolute Gasteiger partial charge is 0.489 e. The minimum atomic E-state index is -0.246. The van der Waals surface area contributed by atoms with Gasteiger partial charge in [-0.05, 0) is 44.2 Å². The maximum atomic E-state index is 12.6. The van der Waals surface area contributed by atoms with Gasteiger partial charge in [0.15, 0.2) is 0 Å². The van der Waals surface area contributed by atoms with Crippen LogP contribution < -0.4 is 15.4 Å². The highest BCUT2D eigenvalue weighted by atomic mass is 16.5. The fourth-order valence-electron chi connectivity index (χ4n) is 2.48. The molecule has 1 amide bonds. The van der Waals surface area contributed by atoms with E-state index in [9.17, 15) is 4.79 Å². The van der Waals surface area contributed by atoms with Crippen LogP contribution >= 0.6 is 0 Å². The minimum absolute atomic E-state index is 0.0174. The van der Waals surface area contributed by atoms with Crippen molar-refractivity contribution in [3.05, 3.63) is 78.4 Å². The van der Waals surface area contributed by atoms with E-state index in [4.69, 9.17) is 4.74 Å². The van der Waals surface area contributed by atoms with Crippen molar-refractivity contribution in [3.8, 4) is 5.75 Å². The number of amides is 1. The number of hydrogen-bond donors (Lipinski definition) is 2. The van der Waals surface area contributed by atoms with Gasteiger partial charge in [-0.3, -0.25) is 14.8 Å². The van der Waals surface area contributed by atoms with Crippen LogP contribution in [0.3, 0.4) is 0 Å². The van der Waals surface area contributed by atoms with Crippen molar-refractivity contribution in [2.24, 2.45) is 0 Å². The van der Waals surface area contributed by atoms with Crippen LogP contribution in [0.2, 0.25) is 0 Å². The number of nitrogens with one attached hydrogen (secondary N) is 2. The maximum absolute atomic E-state index is 12.6. The summed E-state index contributed by atoms with van der Waals surface area (Å²) in [4.78, 5) is 21.1. The van der Waals surface area contributed by atoms with Crippen molar-refractivity contribution in [3.63, 3.8) is 0 Å². The van der Waals surface area contributed by atoms with E-state index in [1.807, 2.05) is 56.3 Å². The predicted molar refractivity (Wildman–Crippen MR) is 106 cm³/mol. The molecule has 0 atom stereocenters. The Balaban J connectivity index is 1.69. The zero-order valence-corrected chi connectivity index (χ0v) is 15.3. The minimum Gasteiger partial charge on any atom is -0.489 e. The summed E-state index contributed by atoms with van der Waals surface area (Å²) < 4.78 is 5.74. The van der Waals surface area contributed by atoms with Gasteiger partial charge in [0.05, 0.1) is 35.3 Å². The molecule has 3 rings (SSSR count). The molecule has 0 bridgehead atoms. The molecule has 0 aliphatic rings. The van der Waals surface area contributed by atoms with Gasteiger partial charge >= 0.3 is 0 Å². The van der Waals surface area contributed by atoms with E-state index < -0.39 is 0 Å². The monoisotopic (exact) mass is 362 g/mol. The average molecular weight is 362 g/mol. The Morgan fingerprint density at radius 1 is 1.11 bits per heavy atom. The molecule has 2 N–H and O–H groups in total. The molecule has 0 fully saturated rings. The van der Waals surface area contributed by atoms with Crippen molar-refractivity contribution in [1.29, 1.82) is 0 Å². The standard InChI is InChI=1S/C21H22N4O2/c1-15(2)27-20-9-4-3-8-19(20)25-21(26)16-11-18(13-22-12-16)24-14-17-7-5-6-10-23-17/h3-13,15,24H,14H2,1-2H3,(H,25,26). The molecule has 6 heteroatoms. The lowest BCUT2D eigenvalue weighted by molar-refractivity contribution is 0.102. The van der Waals surface area contributed by atoms with Gasteiger partial charge in [0.1, 0.15) is 5.75 Å². The van der Waals surface area contributed by atoms with Gasteiger partial charge < -0.3 is 15.4 Å². The summed E-state index contributed by atoms with van der Waals surface area (Å²) in [7, 11) is 0. The Labute approximate surface area is 158 Å². The number of anilines is 2. The van der Waals surface area contributed by atoms with Gasteiger partial charge in [-0.25, -0.2) is 0 Å². The topological polar surface area (TPSA) is 76.1 Å². The van der Waals surface area contributed by atoms with Crippen molar-refractivity contribution in [2.75, 3.05) is 10.6 Å². The van der Waals surface area contributed by atoms with Crippen LogP contribution in [0.1, 0.15) is 29.9 Å². The third kappa shape index (κ3) is 5.28. The summed E-state index contributed by atoms with van der Waals surface area (Å²) >= 11 is 0. The summed E-state index contributed by atoms with van der Waals surface area (Å²) in [6.07, 6.45) is 4.97. The van der Waals surface area contributed by atoms with E-state index in [0.29, 0.717) is 23.5 Å². The molecule has 0 saturated heterocycles. The van der Waals surface area contributed by atoms with Gasteiger partial charge in [0, 0.05) is 18.6 Å². The first-order valence-electron chi connectivity index (χ1n) is 8.77. The second-order valence-corrected chi connectivity index (χ2v) is 6.25. The molecule has 6 nitrogen and oxygen atoms in total. The third-order valence-electron chi connectivity index (χ3n) is 3.70. The number of benzene rings is 1. The van der Waals surface area contributed by atoms with Gasteiger partial charge in [0.25, 0.3) is 5.91 Å². The quantitative estimate of drug-likeness (QED) is 0.661.